The van der Waals surface area contributed by atoms with Crippen molar-refractivity contribution in [1.29, 1.82) is 0 Å². The van der Waals surface area contributed by atoms with Gasteiger partial charge >= 0.3 is 5.97 Å². The van der Waals surface area contributed by atoms with E-state index in [0.29, 0.717) is 12.0 Å². The zero-order valence-electron chi connectivity index (χ0n) is 10.8. The van der Waals surface area contributed by atoms with E-state index in [1.54, 1.807) is 12.3 Å². The number of aryl methyl sites for hydroxylation is 2. The Hall–Kier alpha value is -2.62. The summed E-state index contributed by atoms with van der Waals surface area (Å²) in [6, 6.07) is 9.73. The number of carboxylic acid groups (broad SMARTS) is 1. The number of fused-ring (bicyclic) bond motifs is 1. The molecule has 1 aromatic carbocycles. The topological polar surface area (TPSA) is 66.0 Å². The van der Waals surface area contributed by atoms with Crippen LogP contribution in [0.3, 0.4) is 0 Å². The fraction of sp³-hybridized carbons (Fsp3) is 0.125. The molecule has 2 N–H and O–H groups in total. The van der Waals surface area contributed by atoms with Crippen LogP contribution in [0, 0.1) is 0 Å². The van der Waals surface area contributed by atoms with Gasteiger partial charge in [0.15, 0.2) is 0 Å². The summed E-state index contributed by atoms with van der Waals surface area (Å²) in [5, 5.41) is 10.3. The van der Waals surface area contributed by atoms with Crippen LogP contribution in [-0.2, 0) is 12.8 Å². The lowest BCUT2D eigenvalue weighted by Gasteiger charge is -2.06. The van der Waals surface area contributed by atoms with Gasteiger partial charge in [0.1, 0.15) is 0 Å². The second-order valence-corrected chi connectivity index (χ2v) is 4.70. The molecule has 0 amide bonds. The summed E-state index contributed by atoms with van der Waals surface area (Å²) >= 11 is 0. The second kappa shape index (κ2) is 5.17. The maximum atomic E-state index is 11.2. The van der Waals surface area contributed by atoms with E-state index >= 15 is 0 Å². The summed E-state index contributed by atoms with van der Waals surface area (Å²) in [5.41, 5.74) is 3.41. The molecule has 0 aliphatic heterocycles. The largest absolute Gasteiger partial charge is 0.478 e. The first-order valence-electron chi connectivity index (χ1n) is 6.47. The molecule has 4 nitrogen and oxygen atoms in total. The van der Waals surface area contributed by atoms with Crippen LogP contribution in [0.25, 0.3) is 10.9 Å². The molecule has 2 heterocycles. The zero-order valence-corrected chi connectivity index (χ0v) is 10.8. The third kappa shape index (κ3) is 2.28. The van der Waals surface area contributed by atoms with Gasteiger partial charge < -0.3 is 10.1 Å². The van der Waals surface area contributed by atoms with Gasteiger partial charge in [0, 0.05) is 24.1 Å². The number of carbonyl (C=O) groups is 1. The molecule has 0 aliphatic rings. The van der Waals surface area contributed by atoms with Gasteiger partial charge in [-0.15, -0.1) is 0 Å². The summed E-state index contributed by atoms with van der Waals surface area (Å²) in [7, 11) is 0. The Morgan fingerprint density at radius 2 is 2.00 bits per heavy atom. The Bertz CT molecular complexity index is 762. The minimum Gasteiger partial charge on any atom is -0.478 e. The molecular weight excluding hydrogens is 252 g/mol. The molecule has 0 spiro atoms. The van der Waals surface area contributed by atoms with Crippen molar-refractivity contribution in [1.82, 2.24) is 9.97 Å². The zero-order chi connectivity index (χ0) is 13.9. The number of para-hydroxylation sites is 1. The third-order valence-corrected chi connectivity index (χ3v) is 3.47. The average molecular weight is 266 g/mol. The highest BCUT2D eigenvalue weighted by Crippen LogP contribution is 2.19. The fourth-order valence-corrected chi connectivity index (χ4v) is 2.46. The van der Waals surface area contributed by atoms with Crippen molar-refractivity contribution in [2.24, 2.45) is 0 Å². The van der Waals surface area contributed by atoms with Crippen LogP contribution in [0.1, 0.15) is 21.5 Å². The number of hydrogen-bond acceptors (Lipinski definition) is 2. The van der Waals surface area contributed by atoms with Gasteiger partial charge in [0.05, 0.1) is 5.56 Å². The Morgan fingerprint density at radius 3 is 2.85 bits per heavy atom. The number of aromatic carboxylic acids is 1. The molecule has 3 rings (SSSR count). The number of carboxylic acids is 1. The number of H-pyrrole nitrogens is 1. The summed E-state index contributed by atoms with van der Waals surface area (Å²) in [5.74, 6) is -0.902. The third-order valence-electron chi connectivity index (χ3n) is 3.47. The van der Waals surface area contributed by atoms with Gasteiger partial charge in [0.25, 0.3) is 0 Å². The van der Waals surface area contributed by atoms with E-state index in [0.717, 1.165) is 17.5 Å². The molecule has 0 atom stereocenters. The molecule has 2 aromatic heterocycles. The van der Waals surface area contributed by atoms with E-state index < -0.39 is 5.97 Å². The molecule has 0 aliphatic carbocycles. The monoisotopic (exact) mass is 266 g/mol. The minimum absolute atomic E-state index is 0.332. The highest BCUT2D eigenvalue weighted by atomic mass is 16.4. The highest BCUT2D eigenvalue weighted by Gasteiger charge is 2.10. The lowest BCUT2D eigenvalue weighted by Crippen LogP contribution is -2.04. The summed E-state index contributed by atoms with van der Waals surface area (Å²) < 4.78 is 0. The van der Waals surface area contributed by atoms with Gasteiger partial charge in [-0.05, 0) is 41.5 Å². The van der Waals surface area contributed by atoms with Crippen molar-refractivity contribution in [2.75, 3.05) is 0 Å². The van der Waals surface area contributed by atoms with Crippen LogP contribution in [0.15, 0.2) is 48.9 Å². The quantitative estimate of drug-likeness (QED) is 0.762. The number of aromatic nitrogens is 2. The first kappa shape index (κ1) is 12.4. The molecule has 0 saturated heterocycles. The van der Waals surface area contributed by atoms with Gasteiger partial charge in [-0.25, -0.2) is 4.79 Å². The molecule has 0 fully saturated rings. The smallest absolute Gasteiger partial charge is 0.336 e. The molecule has 3 aromatic rings. The fourth-order valence-electron chi connectivity index (χ4n) is 2.46. The number of nitrogens with zero attached hydrogens (tertiary/aromatic N) is 1. The van der Waals surface area contributed by atoms with E-state index in [1.807, 2.05) is 18.3 Å². The molecule has 20 heavy (non-hydrogen) atoms. The van der Waals surface area contributed by atoms with E-state index in [2.05, 4.69) is 22.1 Å². The molecule has 0 unspecified atom stereocenters. The van der Waals surface area contributed by atoms with Crippen LogP contribution in [-0.4, -0.2) is 21.0 Å². The Balaban J connectivity index is 1.87. The minimum atomic E-state index is -0.902. The standard InChI is InChI=1S/C16H14N2O2/c19-16(20)14-7-8-17-10-13(14)5-4-11-2-1-3-12-6-9-18-15(11)12/h1-3,6-10,18H,4-5H2,(H,19,20). The van der Waals surface area contributed by atoms with Crippen LogP contribution in [0.5, 0.6) is 0 Å². The van der Waals surface area contributed by atoms with Crippen molar-refractivity contribution in [3.05, 3.63) is 65.6 Å². The maximum absolute atomic E-state index is 11.2. The van der Waals surface area contributed by atoms with Crippen molar-refractivity contribution in [3.63, 3.8) is 0 Å². The lowest BCUT2D eigenvalue weighted by molar-refractivity contribution is 0.0695. The van der Waals surface area contributed by atoms with Crippen LogP contribution in [0.2, 0.25) is 0 Å². The van der Waals surface area contributed by atoms with Gasteiger partial charge in [-0.3, -0.25) is 4.98 Å². The van der Waals surface area contributed by atoms with Crippen LogP contribution >= 0.6 is 0 Å². The predicted molar refractivity (Wildman–Crippen MR) is 76.9 cm³/mol. The van der Waals surface area contributed by atoms with Crippen molar-refractivity contribution in [2.45, 2.75) is 12.8 Å². The average Bonchev–Trinajstić information content (AvgIpc) is 2.94. The summed E-state index contributed by atoms with van der Waals surface area (Å²) in [6.07, 6.45) is 6.51. The number of hydrogen-bond donors (Lipinski definition) is 2. The SMILES string of the molecule is O=C(O)c1ccncc1CCc1cccc2cc[nH]c12. The summed E-state index contributed by atoms with van der Waals surface area (Å²) in [4.78, 5) is 18.4. The summed E-state index contributed by atoms with van der Waals surface area (Å²) in [6.45, 7) is 0. The predicted octanol–water partition coefficient (Wildman–Crippen LogP) is 3.05. The Morgan fingerprint density at radius 1 is 1.15 bits per heavy atom. The van der Waals surface area contributed by atoms with E-state index in [1.165, 1.54) is 17.1 Å². The van der Waals surface area contributed by atoms with E-state index in [-0.39, 0.29) is 0 Å². The Kier molecular flexibility index (Phi) is 3.21. The van der Waals surface area contributed by atoms with Gasteiger partial charge in [-0.1, -0.05) is 18.2 Å². The number of benzene rings is 1. The molecule has 100 valence electrons. The Labute approximate surface area is 116 Å². The molecule has 0 bridgehead atoms. The van der Waals surface area contributed by atoms with Crippen molar-refractivity contribution in [3.8, 4) is 0 Å². The molecule has 4 heteroatoms. The first-order valence-corrected chi connectivity index (χ1v) is 6.47. The first-order chi connectivity index (χ1) is 9.75. The number of rotatable bonds is 4. The second-order valence-electron chi connectivity index (χ2n) is 4.70. The van der Waals surface area contributed by atoms with Gasteiger partial charge in [0.2, 0.25) is 0 Å². The lowest BCUT2D eigenvalue weighted by atomic mass is 10.0. The number of aromatic amines is 1. The van der Waals surface area contributed by atoms with Crippen LogP contribution in [0.4, 0.5) is 0 Å². The van der Waals surface area contributed by atoms with E-state index in [9.17, 15) is 4.79 Å². The maximum Gasteiger partial charge on any atom is 0.336 e. The van der Waals surface area contributed by atoms with E-state index in [4.69, 9.17) is 5.11 Å². The van der Waals surface area contributed by atoms with Gasteiger partial charge in [-0.2, -0.15) is 0 Å². The number of nitrogens with one attached hydrogen (secondary N) is 1. The number of pyridine rings is 1. The molecule has 0 saturated carbocycles. The molecular formula is C16H14N2O2. The van der Waals surface area contributed by atoms with Crippen molar-refractivity contribution >= 4 is 16.9 Å². The molecule has 0 radical (unpaired) electrons. The van der Waals surface area contributed by atoms with Crippen LogP contribution < -0.4 is 0 Å². The normalized spacial score (nSPS) is 10.8. The highest BCUT2D eigenvalue weighted by molar-refractivity contribution is 5.89. The van der Waals surface area contributed by atoms with Crippen molar-refractivity contribution < 1.29 is 9.90 Å².